The van der Waals surface area contributed by atoms with Crippen LogP contribution in [0.15, 0.2) is 48.7 Å². The summed E-state index contributed by atoms with van der Waals surface area (Å²) in [5.41, 5.74) is 3.19. The minimum absolute atomic E-state index is 0.00656. The molecule has 0 atom stereocenters. The molecule has 8 nitrogen and oxygen atoms in total. The van der Waals surface area contributed by atoms with Gasteiger partial charge in [-0.1, -0.05) is 12.1 Å². The Kier molecular flexibility index (Phi) is 6.13. The molecule has 2 saturated heterocycles. The van der Waals surface area contributed by atoms with Crippen LogP contribution in [0.1, 0.15) is 37.2 Å². The number of piperidine rings is 2. The largest absolute Gasteiger partial charge is 0.497 e. The number of nitrogens with one attached hydrogen (secondary N) is 1. The quantitative estimate of drug-likeness (QED) is 0.438. The molecule has 0 aliphatic carbocycles. The summed E-state index contributed by atoms with van der Waals surface area (Å²) in [6.07, 6.45) is 5.46. The maximum Gasteiger partial charge on any atom is 0.292 e. The second-order valence-electron chi connectivity index (χ2n) is 9.26. The molecule has 5 rings (SSSR count). The third kappa shape index (κ3) is 4.20. The Morgan fingerprint density at radius 1 is 1.06 bits per heavy atom. The first-order chi connectivity index (χ1) is 16.5. The Bertz CT molecular complexity index is 1190. The summed E-state index contributed by atoms with van der Waals surface area (Å²) in [4.78, 5) is 31.7. The number of nitrogens with zero attached hydrogens (tertiary/aromatic N) is 3. The SMILES string of the molecule is COc1ccc2[nH]cc(C3CCN(C(=O)C4CCN(c5ccccc5[N+](=O)[O-])CC4)CC3)c2c1. The lowest BCUT2D eigenvalue weighted by Crippen LogP contribution is -2.45. The van der Waals surface area contributed by atoms with Gasteiger partial charge in [-0.3, -0.25) is 14.9 Å². The van der Waals surface area contributed by atoms with Crippen molar-refractivity contribution in [1.82, 2.24) is 9.88 Å². The van der Waals surface area contributed by atoms with Crippen LogP contribution < -0.4 is 9.64 Å². The highest BCUT2D eigenvalue weighted by Crippen LogP contribution is 2.36. The van der Waals surface area contributed by atoms with E-state index in [1.54, 1.807) is 25.3 Å². The van der Waals surface area contributed by atoms with Gasteiger partial charge in [0.1, 0.15) is 11.4 Å². The Labute approximate surface area is 198 Å². The van der Waals surface area contributed by atoms with Crippen LogP contribution in [0.5, 0.6) is 5.75 Å². The number of para-hydroxylation sites is 2. The van der Waals surface area contributed by atoms with Crippen LogP contribution in [0.25, 0.3) is 10.9 Å². The number of nitro groups is 1. The van der Waals surface area contributed by atoms with E-state index in [-0.39, 0.29) is 22.4 Å². The molecule has 3 aromatic rings. The van der Waals surface area contributed by atoms with E-state index in [1.807, 2.05) is 28.0 Å². The molecule has 2 aromatic carbocycles. The van der Waals surface area contributed by atoms with Gasteiger partial charge in [0.2, 0.25) is 5.91 Å². The monoisotopic (exact) mass is 462 g/mol. The number of aromatic amines is 1. The molecule has 2 fully saturated rings. The molecule has 2 aliphatic rings. The highest BCUT2D eigenvalue weighted by Gasteiger charge is 2.33. The van der Waals surface area contributed by atoms with E-state index in [1.165, 1.54) is 10.9 Å². The van der Waals surface area contributed by atoms with Crippen LogP contribution in [-0.2, 0) is 4.79 Å². The minimum atomic E-state index is -0.333. The highest BCUT2D eigenvalue weighted by molar-refractivity contribution is 5.85. The number of likely N-dealkylation sites (tertiary alicyclic amines) is 1. The van der Waals surface area contributed by atoms with Crippen molar-refractivity contribution >= 4 is 28.2 Å². The summed E-state index contributed by atoms with van der Waals surface area (Å²) in [5.74, 6) is 1.51. The standard InChI is InChI=1S/C26H30N4O4/c1-34-20-6-7-23-21(16-20)22(17-27-23)18-8-14-29(15-9-18)26(31)19-10-12-28(13-11-19)24-4-2-3-5-25(24)30(32)33/h2-7,16-19,27H,8-15H2,1H3. The molecule has 8 heteroatoms. The number of hydrogen-bond acceptors (Lipinski definition) is 5. The predicted molar refractivity (Wildman–Crippen MR) is 131 cm³/mol. The lowest BCUT2D eigenvalue weighted by Gasteiger charge is -2.37. The van der Waals surface area contributed by atoms with Gasteiger partial charge in [0.05, 0.1) is 12.0 Å². The number of nitro benzene ring substituents is 1. The van der Waals surface area contributed by atoms with Gasteiger partial charge in [0.15, 0.2) is 0 Å². The maximum atomic E-state index is 13.2. The van der Waals surface area contributed by atoms with Gasteiger partial charge in [-0.2, -0.15) is 0 Å². The van der Waals surface area contributed by atoms with E-state index >= 15 is 0 Å². The molecule has 1 aromatic heterocycles. The van der Waals surface area contributed by atoms with Gasteiger partial charge in [-0.05, 0) is 61.4 Å². The average molecular weight is 463 g/mol. The average Bonchev–Trinajstić information content (AvgIpc) is 3.31. The van der Waals surface area contributed by atoms with Gasteiger partial charge in [-0.25, -0.2) is 0 Å². The number of rotatable bonds is 5. The van der Waals surface area contributed by atoms with E-state index in [2.05, 4.69) is 17.2 Å². The molecule has 0 unspecified atom stereocenters. The molecule has 1 N–H and O–H groups in total. The van der Waals surface area contributed by atoms with E-state index in [0.29, 0.717) is 24.7 Å². The lowest BCUT2D eigenvalue weighted by atomic mass is 9.87. The number of ether oxygens (including phenoxy) is 1. The van der Waals surface area contributed by atoms with Crippen molar-refractivity contribution in [2.24, 2.45) is 5.92 Å². The second-order valence-corrected chi connectivity index (χ2v) is 9.26. The molecule has 0 radical (unpaired) electrons. The number of fused-ring (bicyclic) bond motifs is 1. The van der Waals surface area contributed by atoms with Crippen molar-refractivity contribution in [2.75, 3.05) is 38.2 Å². The van der Waals surface area contributed by atoms with Crippen LogP contribution in [0.2, 0.25) is 0 Å². The van der Waals surface area contributed by atoms with Crippen molar-refractivity contribution in [3.05, 3.63) is 64.3 Å². The summed E-state index contributed by atoms with van der Waals surface area (Å²) in [5, 5.41) is 12.6. The molecular weight excluding hydrogens is 432 g/mol. The fourth-order valence-corrected chi connectivity index (χ4v) is 5.51. The topological polar surface area (TPSA) is 91.7 Å². The van der Waals surface area contributed by atoms with Crippen LogP contribution in [0.3, 0.4) is 0 Å². The Morgan fingerprint density at radius 3 is 2.50 bits per heavy atom. The molecule has 0 bridgehead atoms. The highest BCUT2D eigenvalue weighted by atomic mass is 16.6. The van der Waals surface area contributed by atoms with E-state index < -0.39 is 0 Å². The number of aromatic nitrogens is 1. The molecule has 34 heavy (non-hydrogen) atoms. The van der Waals surface area contributed by atoms with Crippen molar-refractivity contribution in [1.29, 1.82) is 0 Å². The van der Waals surface area contributed by atoms with Crippen molar-refractivity contribution in [2.45, 2.75) is 31.6 Å². The van der Waals surface area contributed by atoms with Crippen LogP contribution in [-0.4, -0.2) is 54.0 Å². The zero-order chi connectivity index (χ0) is 23.7. The Hall–Kier alpha value is -3.55. The van der Waals surface area contributed by atoms with E-state index in [0.717, 1.165) is 50.0 Å². The summed E-state index contributed by atoms with van der Waals surface area (Å²) >= 11 is 0. The lowest BCUT2D eigenvalue weighted by molar-refractivity contribution is -0.384. The van der Waals surface area contributed by atoms with Crippen molar-refractivity contribution < 1.29 is 14.5 Å². The number of carbonyl (C=O) groups is 1. The summed E-state index contributed by atoms with van der Waals surface area (Å²) in [6, 6.07) is 13.0. The molecule has 0 spiro atoms. The number of carbonyl (C=O) groups excluding carboxylic acids is 1. The molecular formula is C26H30N4O4. The normalized spacial score (nSPS) is 17.8. The predicted octanol–water partition coefficient (Wildman–Crippen LogP) is 4.71. The third-order valence-electron chi connectivity index (χ3n) is 7.43. The van der Waals surface area contributed by atoms with Crippen molar-refractivity contribution in [3.8, 4) is 5.75 Å². The van der Waals surface area contributed by atoms with Gasteiger partial charge < -0.3 is 19.5 Å². The van der Waals surface area contributed by atoms with Crippen LogP contribution >= 0.6 is 0 Å². The van der Waals surface area contributed by atoms with E-state index in [9.17, 15) is 14.9 Å². The number of anilines is 1. The zero-order valence-electron chi connectivity index (χ0n) is 19.4. The third-order valence-corrected chi connectivity index (χ3v) is 7.43. The van der Waals surface area contributed by atoms with Crippen LogP contribution in [0.4, 0.5) is 11.4 Å². The summed E-state index contributed by atoms with van der Waals surface area (Å²) < 4.78 is 5.40. The summed E-state index contributed by atoms with van der Waals surface area (Å²) in [6.45, 7) is 2.86. The summed E-state index contributed by atoms with van der Waals surface area (Å²) in [7, 11) is 1.68. The molecule has 178 valence electrons. The van der Waals surface area contributed by atoms with Gasteiger partial charge >= 0.3 is 0 Å². The molecule has 0 saturated carbocycles. The van der Waals surface area contributed by atoms with Crippen LogP contribution in [0, 0.1) is 16.0 Å². The number of H-pyrrole nitrogens is 1. The fourth-order valence-electron chi connectivity index (χ4n) is 5.51. The van der Waals surface area contributed by atoms with Gasteiger partial charge in [0, 0.05) is 55.3 Å². The minimum Gasteiger partial charge on any atom is -0.497 e. The fraction of sp³-hybridized carbons (Fsp3) is 0.423. The molecule has 2 aliphatic heterocycles. The van der Waals surface area contributed by atoms with E-state index in [4.69, 9.17) is 4.74 Å². The second kappa shape index (κ2) is 9.37. The zero-order valence-corrected chi connectivity index (χ0v) is 19.4. The first-order valence-corrected chi connectivity index (χ1v) is 12.0. The first kappa shape index (κ1) is 22.3. The first-order valence-electron chi connectivity index (χ1n) is 12.0. The number of methoxy groups -OCH3 is 1. The molecule has 1 amide bonds. The number of benzene rings is 2. The number of hydrogen-bond donors (Lipinski definition) is 1. The Morgan fingerprint density at radius 2 is 1.79 bits per heavy atom. The van der Waals surface area contributed by atoms with Crippen molar-refractivity contribution in [3.63, 3.8) is 0 Å². The maximum absolute atomic E-state index is 13.2. The Balaban J connectivity index is 1.18. The smallest absolute Gasteiger partial charge is 0.292 e. The van der Waals surface area contributed by atoms with Gasteiger partial charge in [-0.15, -0.1) is 0 Å². The van der Waals surface area contributed by atoms with Gasteiger partial charge in [0.25, 0.3) is 5.69 Å². The molecule has 3 heterocycles. The number of amides is 1.